The predicted molar refractivity (Wildman–Crippen MR) is 144 cm³/mol. The number of hydroxylamine groups is 2. The van der Waals surface area contributed by atoms with Crippen molar-refractivity contribution in [2.45, 2.75) is 63.9 Å². The minimum Gasteiger partial charge on any atom is -0.493 e. The molecule has 0 spiro atoms. The van der Waals surface area contributed by atoms with Crippen molar-refractivity contribution < 1.29 is 34.4 Å². The Morgan fingerprint density at radius 2 is 1.97 bits per heavy atom. The summed E-state index contributed by atoms with van der Waals surface area (Å²) < 4.78 is 10.9. The van der Waals surface area contributed by atoms with Crippen LogP contribution in [-0.2, 0) is 16.2 Å². The number of benzene rings is 1. The highest BCUT2D eigenvalue weighted by Crippen LogP contribution is 2.71. The molecular weight excluding hydrogens is 498 g/mol. The van der Waals surface area contributed by atoms with Crippen LogP contribution in [0.15, 0.2) is 42.0 Å². The molecule has 4 fully saturated rings. The van der Waals surface area contributed by atoms with E-state index < -0.39 is 29.8 Å². The van der Waals surface area contributed by atoms with Gasteiger partial charge in [0, 0.05) is 35.8 Å². The summed E-state index contributed by atoms with van der Waals surface area (Å²) in [6, 6.07) is 5.78. The topological polar surface area (TPSA) is 109 Å². The lowest BCUT2D eigenvalue weighted by atomic mass is 9.46. The van der Waals surface area contributed by atoms with Crippen LogP contribution < -0.4 is 9.47 Å². The molecule has 1 unspecified atom stereocenters. The summed E-state index contributed by atoms with van der Waals surface area (Å²) >= 11 is 0. The van der Waals surface area contributed by atoms with E-state index in [9.17, 15) is 20.1 Å². The fourth-order valence-electron chi connectivity index (χ4n) is 9.52. The van der Waals surface area contributed by atoms with Crippen LogP contribution in [0.25, 0.3) is 0 Å². The summed E-state index contributed by atoms with van der Waals surface area (Å²) in [4.78, 5) is 18.9. The van der Waals surface area contributed by atoms with Crippen molar-refractivity contribution in [2.24, 2.45) is 34.5 Å². The van der Waals surface area contributed by atoms with Gasteiger partial charge < -0.3 is 24.8 Å². The number of ether oxygens (including phenoxy) is 2. The zero-order chi connectivity index (χ0) is 27.7. The Kier molecular flexibility index (Phi) is 6.51. The molecule has 0 amide bonds. The number of aliphatic hydroxyl groups is 3. The van der Waals surface area contributed by atoms with E-state index in [2.05, 4.69) is 13.8 Å². The lowest BCUT2D eigenvalue weighted by Crippen LogP contribution is -2.64. The Labute approximate surface area is 230 Å². The van der Waals surface area contributed by atoms with Crippen molar-refractivity contribution in [1.82, 2.24) is 5.06 Å². The number of ketones is 1. The molecule has 3 N–H and O–H groups in total. The third-order valence-electron chi connectivity index (χ3n) is 11.1. The second-order valence-corrected chi connectivity index (χ2v) is 12.7. The first-order chi connectivity index (χ1) is 18.6. The van der Waals surface area contributed by atoms with Gasteiger partial charge in [0.25, 0.3) is 0 Å². The minimum absolute atomic E-state index is 0.00457. The molecule has 8 nitrogen and oxygen atoms in total. The number of aliphatic hydroxyl groups excluding tert-OH is 3. The smallest absolute Gasteiger partial charge is 0.178 e. The number of methoxy groups -OCH3 is 2. The Balaban J connectivity index is 1.32. The molecule has 1 aromatic carbocycles. The second-order valence-electron chi connectivity index (χ2n) is 12.7. The van der Waals surface area contributed by atoms with Crippen LogP contribution in [0.3, 0.4) is 0 Å². The average molecular weight is 540 g/mol. The molecular formula is C31H41NO7. The SMILES string of the molecule is COc1ccc(CN2C[C@@H]3C[C@H]4[C@@H]5CCC6=CC(=O)C=C[C@]6(C)[C@H]5[C@@H](O)C[C@]4(C)[C@]3(C(O)CO)O2)cc1OC. The maximum atomic E-state index is 12.1. The van der Waals surface area contributed by atoms with Gasteiger partial charge in [-0.1, -0.05) is 31.6 Å². The summed E-state index contributed by atoms with van der Waals surface area (Å²) in [7, 11) is 3.22. The molecule has 0 bridgehead atoms. The fraction of sp³-hybridized carbons (Fsp3) is 0.645. The number of hydrogen-bond acceptors (Lipinski definition) is 8. The van der Waals surface area contributed by atoms with Gasteiger partial charge in [-0.15, -0.1) is 0 Å². The van der Waals surface area contributed by atoms with Gasteiger partial charge >= 0.3 is 0 Å². The molecule has 1 aliphatic heterocycles. The molecule has 212 valence electrons. The Morgan fingerprint density at radius 3 is 2.69 bits per heavy atom. The zero-order valence-corrected chi connectivity index (χ0v) is 23.3. The van der Waals surface area contributed by atoms with Gasteiger partial charge in [-0.2, -0.15) is 5.06 Å². The number of carbonyl (C=O) groups excluding carboxylic acids is 1. The first kappa shape index (κ1) is 27.0. The van der Waals surface area contributed by atoms with E-state index in [1.165, 1.54) is 0 Å². The molecule has 0 aromatic heterocycles. The van der Waals surface area contributed by atoms with Crippen LogP contribution in [0, 0.1) is 34.5 Å². The third-order valence-corrected chi connectivity index (χ3v) is 11.1. The molecule has 1 heterocycles. The number of hydrogen-bond donors (Lipinski definition) is 3. The first-order valence-electron chi connectivity index (χ1n) is 14.2. The van der Waals surface area contributed by atoms with E-state index in [4.69, 9.17) is 14.3 Å². The van der Waals surface area contributed by atoms with E-state index in [0.717, 1.165) is 30.4 Å². The zero-order valence-electron chi connectivity index (χ0n) is 23.3. The molecule has 5 aliphatic rings. The van der Waals surface area contributed by atoms with Crippen LogP contribution in [-0.4, -0.2) is 71.3 Å². The number of nitrogens with zero attached hydrogens (tertiary/aromatic N) is 1. The van der Waals surface area contributed by atoms with Crippen molar-refractivity contribution in [2.75, 3.05) is 27.4 Å². The average Bonchev–Trinajstić information content (AvgIpc) is 3.40. The van der Waals surface area contributed by atoms with Gasteiger partial charge in [-0.25, -0.2) is 0 Å². The van der Waals surface area contributed by atoms with E-state index in [1.54, 1.807) is 26.4 Å². The molecule has 6 rings (SSSR count). The Hall–Kier alpha value is -2.23. The van der Waals surface area contributed by atoms with Crippen LogP contribution in [0.1, 0.15) is 45.1 Å². The van der Waals surface area contributed by atoms with E-state index in [0.29, 0.717) is 31.0 Å². The van der Waals surface area contributed by atoms with Gasteiger partial charge in [0.1, 0.15) is 11.7 Å². The molecule has 1 saturated heterocycles. The summed E-state index contributed by atoms with van der Waals surface area (Å²) in [5.41, 5.74) is 0.241. The maximum Gasteiger partial charge on any atom is 0.178 e. The quantitative estimate of drug-likeness (QED) is 0.506. The van der Waals surface area contributed by atoms with Crippen LogP contribution in [0.2, 0.25) is 0 Å². The molecule has 4 aliphatic carbocycles. The van der Waals surface area contributed by atoms with Gasteiger partial charge in [0.2, 0.25) is 0 Å². The van der Waals surface area contributed by atoms with Crippen LogP contribution in [0.5, 0.6) is 11.5 Å². The van der Waals surface area contributed by atoms with Gasteiger partial charge in [0.15, 0.2) is 17.3 Å². The Bertz CT molecular complexity index is 1210. The Morgan fingerprint density at radius 1 is 1.21 bits per heavy atom. The normalized spacial score (nSPS) is 41.8. The summed E-state index contributed by atoms with van der Waals surface area (Å²) in [5.74, 6) is 1.80. The molecule has 9 atom stereocenters. The molecule has 8 heteroatoms. The maximum absolute atomic E-state index is 12.1. The largest absolute Gasteiger partial charge is 0.493 e. The highest BCUT2D eigenvalue weighted by molar-refractivity contribution is 6.01. The standard InChI is InChI=1S/C31H41NO7/c1-29-10-9-21(34)12-19(29)6-7-22-23-13-20-16-32(15-18-5-8-25(37-3)26(11-18)38-4)39-31(20,27(36)17-33)30(23,2)14-24(35)28(22)29/h5,8-12,20,22-24,27-28,33,35-36H,6-7,13-17H2,1-4H3/t20-,22-,23-,24-,27?,28+,29-,30-,31-/m0/s1. The second kappa shape index (κ2) is 9.42. The van der Waals surface area contributed by atoms with E-state index in [1.807, 2.05) is 29.3 Å². The summed E-state index contributed by atoms with van der Waals surface area (Å²) in [5, 5.41) is 35.4. The number of fused-ring (bicyclic) bond motifs is 7. The molecule has 39 heavy (non-hydrogen) atoms. The van der Waals surface area contributed by atoms with Gasteiger partial charge in [-0.3, -0.25) is 9.63 Å². The van der Waals surface area contributed by atoms with Crippen LogP contribution in [0.4, 0.5) is 0 Å². The van der Waals surface area contributed by atoms with Crippen molar-refractivity contribution in [3.05, 3.63) is 47.6 Å². The third kappa shape index (κ3) is 3.72. The lowest BCUT2D eigenvalue weighted by Gasteiger charge is -2.60. The molecule has 1 aromatic rings. The molecule has 3 saturated carbocycles. The number of rotatable bonds is 6. The highest BCUT2D eigenvalue weighted by Gasteiger charge is 2.74. The molecule has 0 radical (unpaired) electrons. The van der Waals surface area contributed by atoms with Gasteiger partial charge in [0.05, 0.1) is 26.9 Å². The summed E-state index contributed by atoms with van der Waals surface area (Å²) in [6.45, 7) is 5.05. The van der Waals surface area contributed by atoms with Crippen molar-refractivity contribution in [3.63, 3.8) is 0 Å². The number of carbonyl (C=O) groups is 1. The number of allylic oxidation sites excluding steroid dienone is 4. The van der Waals surface area contributed by atoms with Gasteiger partial charge in [-0.05, 0) is 67.4 Å². The van der Waals surface area contributed by atoms with Crippen LogP contribution >= 0.6 is 0 Å². The van der Waals surface area contributed by atoms with Crippen molar-refractivity contribution in [3.8, 4) is 11.5 Å². The fourth-order valence-corrected chi connectivity index (χ4v) is 9.52. The summed E-state index contributed by atoms with van der Waals surface area (Å²) in [6.07, 6.45) is 6.82. The van der Waals surface area contributed by atoms with E-state index in [-0.39, 0.29) is 34.9 Å². The monoisotopic (exact) mass is 539 g/mol. The van der Waals surface area contributed by atoms with Crippen molar-refractivity contribution in [1.29, 1.82) is 0 Å². The van der Waals surface area contributed by atoms with E-state index >= 15 is 0 Å². The highest BCUT2D eigenvalue weighted by atomic mass is 16.7. The minimum atomic E-state index is -1.07. The predicted octanol–water partition coefficient (Wildman–Crippen LogP) is 3.05. The first-order valence-corrected chi connectivity index (χ1v) is 14.2. The van der Waals surface area contributed by atoms with Crippen molar-refractivity contribution >= 4 is 5.78 Å². The lowest BCUT2D eigenvalue weighted by molar-refractivity contribution is -0.294.